The molecule has 3 rings (SSSR count). The zero-order valence-electron chi connectivity index (χ0n) is 15.9. The number of benzene rings is 1. The molecule has 0 bridgehead atoms. The maximum absolute atomic E-state index is 12.7. The van der Waals surface area contributed by atoms with Crippen molar-refractivity contribution < 1.29 is 4.74 Å². The monoisotopic (exact) mass is 376 g/mol. The standard InChI is InChI=1S/C20H20N6O2/c1-13-9-15(12-28-3)17(10-21)19(23-13)24-22-11-18-14(2)25-26(20(18)27)16-7-5-4-6-8-16/h4-9,11,25H,12H2,1-3H3,(H,23,24). The molecule has 28 heavy (non-hydrogen) atoms. The first-order valence-electron chi connectivity index (χ1n) is 8.60. The van der Waals surface area contributed by atoms with Crippen LogP contribution in [0.2, 0.25) is 0 Å². The molecule has 0 unspecified atom stereocenters. The Balaban J connectivity index is 1.90. The van der Waals surface area contributed by atoms with Gasteiger partial charge in [0, 0.05) is 24.1 Å². The molecule has 8 nitrogen and oxygen atoms in total. The van der Waals surface area contributed by atoms with Crippen LogP contribution in [-0.2, 0) is 11.3 Å². The van der Waals surface area contributed by atoms with Crippen molar-refractivity contribution >= 4 is 12.0 Å². The number of H-pyrrole nitrogens is 1. The minimum absolute atomic E-state index is 0.216. The lowest BCUT2D eigenvalue weighted by atomic mass is 10.1. The molecule has 2 aromatic heterocycles. The third-order valence-corrected chi connectivity index (χ3v) is 4.14. The van der Waals surface area contributed by atoms with E-state index in [0.717, 1.165) is 16.9 Å². The van der Waals surface area contributed by atoms with Crippen molar-refractivity contribution in [2.75, 3.05) is 12.5 Å². The molecule has 0 spiro atoms. The van der Waals surface area contributed by atoms with Gasteiger partial charge in [-0.15, -0.1) is 0 Å². The minimum Gasteiger partial charge on any atom is -0.380 e. The molecule has 0 radical (unpaired) electrons. The molecule has 3 aromatic rings. The molecular weight excluding hydrogens is 356 g/mol. The van der Waals surface area contributed by atoms with Crippen LogP contribution in [0.25, 0.3) is 5.69 Å². The van der Waals surface area contributed by atoms with Crippen LogP contribution < -0.4 is 11.0 Å². The maximum atomic E-state index is 12.7. The predicted octanol–water partition coefficient (Wildman–Crippen LogP) is 2.64. The Labute approximate surface area is 162 Å². The Bertz CT molecular complexity index is 1110. The van der Waals surface area contributed by atoms with Crippen LogP contribution in [0.1, 0.15) is 28.1 Å². The topological polar surface area (TPSA) is 108 Å². The van der Waals surface area contributed by atoms with E-state index < -0.39 is 0 Å². The highest BCUT2D eigenvalue weighted by Gasteiger charge is 2.12. The summed E-state index contributed by atoms with van der Waals surface area (Å²) in [6.07, 6.45) is 1.43. The van der Waals surface area contributed by atoms with Crippen molar-refractivity contribution in [2.45, 2.75) is 20.5 Å². The number of hydrogen-bond acceptors (Lipinski definition) is 6. The number of rotatable bonds is 6. The normalized spacial score (nSPS) is 10.9. The van der Waals surface area contributed by atoms with Crippen LogP contribution >= 0.6 is 0 Å². The molecule has 8 heteroatoms. The highest BCUT2D eigenvalue weighted by Crippen LogP contribution is 2.19. The van der Waals surface area contributed by atoms with Gasteiger partial charge >= 0.3 is 0 Å². The summed E-state index contributed by atoms with van der Waals surface area (Å²) in [5, 5.41) is 16.6. The maximum Gasteiger partial charge on any atom is 0.280 e. The van der Waals surface area contributed by atoms with Crippen LogP contribution in [-0.4, -0.2) is 28.1 Å². The first kappa shape index (κ1) is 19.1. The number of nitrogens with one attached hydrogen (secondary N) is 2. The summed E-state index contributed by atoms with van der Waals surface area (Å²) in [5.41, 5.74) is 6.20. The molecular formula is C20H20N6O2. The SMILES string of the molecule is COCc1cc(C)nc(NN=Cc2c(C)[nH]n(-c3ccccc3)c2=O)c1C#N. The van der Waals surface area contributed by atoms with Crippen molar-refractivity contribution in [2.24, 2.45) is 5.10 Å². The number of para-hydroxylation sites is 1. The molecule has 0 aliphatic carbocycles. The largest absolute Gasteiger partial charge is 0.380 e. The molecule has 2 N–H and O–H groups in total. The molecule has 1 aromatic carbocycles. The number of methoxy groups -OCH3 is 1. The van der Waals surface area contributed by atoms with Crippen molar-refractivity contribution in [3.05, 3.63) is 74.8 Å². The lowest BCUT2D eigenvalue weighted by Crippen LogP contribution is -2.17. The van der Waals surface area contributed by atoms with Gasteiger partial charge in [0.25, 0.3) is 5.56 Å². The number of ether oxygens (including phenoxy) is 1. The lowest BCUT2D eigenvalue weighted by Gasteiger charge is -2.09. The number of aromatic amines is 1. The van der Waals surface area contributed by atoms with Gasteiger partial charge in [0.1, 0.15) is 11.6 Å². The molecule has 0 saturated carbocycles. The molecule has 0 atom stereocenters. The van der Waals surface area contributed by atoms with Gasteiger partial charge in [0.05, 0.1) is 24.1 Å². The molecule has 0 amide bonds. The number of hydrogen-bond donors (Lipinski definition) is 2. The summed E-state index contributed by atoms with van der Waals surface area (Å²) in [4.78, 5) is 17.0. The van der Waals surface area contributed by atoms with Gasteiger partial charge < -0.3 is 4.74 Å². The molecule has 0 aliphatic rings. The average Bonchev–Trinajstić information content (AvgIpc) is 2.97. The van der Waals surface area contributed by atoms with Crippen molar-refractivity contribution in [1.82, 2.24) is 14.8 Å². The minimum atomic E-state index is -0.216. The summed E-state index contributed by atoms with van der Waals surface area (Å²) in [6, 6.07) is 13.2. The number of anilines is 1. The summed E-state index contributed by atoms with van der Waals surface area (Å²) in [6.45, 7) is 3.91. The van der Waals surface area contributed by atoms with E-state index in [1.807, 2.05) is 37.3 Å². The van der Waals surface area contributed by atoms with E-state index in [9.17, 15) is 10.1 Å². The van der Waals surface area contributed by atoms with Crippen LogP contribution in [0.4, 0.5) is 5.82 Å². The fraction of sp³-hybridized carbons (Fsp3) is 0.200. The molecule has 2 heterocycles. The fourth-order valence-electron chi connectivity index (χ4n) is 2.84. The number of aryl methyl sites for hydroxylation is 2. The molecule has 0 aliphatic heterocycles. The Morgan fingerprint density at radius 1 is 1.36 bits per heavy atom. The Kier molecular flexibility index (Phi) is 5.67. The number of hydrazone groups is 1. The number of nitrogens with zero attached hydrogens (tertiary/aromatic N) is 4. The van der Waals surface area contributed by atoms with E-state index in [0.29, 0.717) is 29.2 Å². The van der Waals surface area contributed by atoms with Gasteiger partial charge in [-0.1, -0.05) is 18.2 Å². The summed E-state index contributed by atoms with van der Waals surface area (Å²) >= 11 is 0. The van der Waals surface area contributed by atoms with E-state index in [2.05, 4.69) is 26.7 Å². The Morgan fingerprint density at radius 2 is 2.11 bits per heavy atom. The van der Waals surface area contributed by atoms with Crippen molar-refractivity contribution in [3.63, 3.8) is 0 Å². The van der Waals surface area contributed by atoms with Crippen LogP contribution in [0.3, 0.4) is 0 Å². The highest BCUT2D eigenvalue weighted by atomic mass is 16.5. The second-order valence-electron chi connectivity index (χ2n) is 6.19. The third kappa shape index (κ3) is 3.84. The van der Waals surface area contributed by atoms with Gasteiger partial charge in [-0.25, -0.2) is 9.67 Å². The van der Waals surface area contributed by atoms with Gasteiger partial charge in [-0.2, -0.15) is 10.4 Å². The quantitative estimate of drug-likeness (QED) is 0.508. The van der Waals surface area contributed by atoms with Crippen LogP contribution in [0.5, 0.6) is 0 Å². The molecule has 0 saturated heterocycles. The Morgan fingerprint density at radius 3 is 2.79 bits per heavy atom. The summed E-state index contributed by atoms with van der Waals surface area (Å²) in [5.74, 6) is 0.322. The van der Waals surface area contributed by atoms with Crippen molar-refractivity contribution in [1.29, 1.82) is 5.26 Å². The summed E-state index contributed by atoms with van der Waals surface area (Å²) in [7, 11) is 1.56. The first-order valence-corrected chi connectivity index (χ1v) is 8.60. The van der Waals surface area contributed by atoms with Gasteiger partial charge in [0.2, 0.25) is 0 Å². The van der Waals surface area contributed by atoms with E-state index >= 15 is 0 Å². The second-order valence-corrected chi connectivity index (χ2v) is 6.19. The first-order chi connectivity index (χ1) is 13.5. The molecule has 0 fully saturated rings. The lowest BCUT2D eigenvalue weighted by molar-refractivity contribution is 0.184. The average molecular weight is 376 g/mol. The molecule has 142 valence electrons. The van der Waals surface area contributed by atoms with E-state index in [1.165, 1.54) is 10.9 Å². The smallest absolute Gasteiger partial charge is 0.280 e. The third-order valence-electron chi connectivity index (χ3n) is 4.14. The zero-order valence-corrected chi connectivity index (χ0v) is 15.9. The zero-order chi connectivity index (χ0) is 20.1. The van der Waals surface area contributed by atoms with E-state index in [1.54, 1.807) is 20.1 Å². The van der Waals surface area contributed by atoms with E-state index in [4.69, 9.17) is 4.74 Å². The fourth-order valence-corrected chi connectivity index (χ4v) is 2.84. The van der Waals surface area contributed by atoms with E-state index in [-0.39, 0.29) is 5.56 Å². The Hall–Kier alpha value is -3.70. The summed E-state index contributed by atoms with van der Waals surface area (Å²) < 4.78 is 6.59. The van der Waals surface area contributed by atoms with Gasteiger partial charge in [0.15, 0.2) is 5.82 Å². The van der Waals surface area contributed by atoms with Crippen molar-refractivity contribution in [3.8, 4) is 11.8 Å². The second kappa shape index (κ2) is 8.33. The number of pyridine rings is 1. The van der Waals surface area contributed by atoms with Gasteiger partial charge in [-0.3, -0.25) is 15.3 Å². The number of aromatic nitrogens is 3. The predicted molar refractivity (Wildman–Crippen MR) is 107 cm³/mol. The van der Waals surface area contributed by atoms with Crippen LogP contribution in [0.15, 0.2) is 46.3 Å². The number of nitriles is 1. The highest BCUT2D eigenvalue weighted by molar-refractivity contribution is 5.81. The van der Waals surface area contributed by atoms with Crippen LogP contribution in [0, 0.1) is 25.2 Å². The van der Waals surface area contributed by atoms with Gasteiger partial charge in [-0.05, 0) is 32.0 Å².